The molecule has 44 heavy (non-hydrogen) atoms. The molecule has 4 aromatic rings. The smallest absolute Gasteiger partial charge is 0.481 e. The van der Waals surface area contributed by atoms with E-state index in [0.717, 1.165) is 41.5 Å². The molecule has 0 aliphatic carbocycles. The first-order valence-electron chi connectivity index (χ1n) is 13.0. The van der Waals surface area contributed by atoms with Crippen LogP contribution < -0.4 is 10.1 Å². The predicted molar refractivity (Wildman–Crippen MR) is 154 cm³/mol. The summed E-state index contributed by atoms with van der Waals surface area (Å²) < 4.78 is 41.4. The number of alkyl halides is 3. The van der Waals surface area contributed by atoms with Gasteiger partial charge in [0, 0.05) is 22.3 Å². The molecule has 0 saturated heterocycles. The second-order valence-corrected chi connectivity index (χ2v) is 9.43. The average molecular weight is 604 g/mol. The number of hydrogen-bond donors (Lipinski definition) is 3. The maximum atomic E-state index is 13.7. The molecule has 0 aliphatic rings. The number of hydrogen-bond acceptors (Lipinski definition) is 6. The molecule has 0 fully saturated rings. The number of carbonyl (C=O) groups is 4. The monoisotopic (exact) mass is 603 g/mol. The Balaban J connectivity index is 1.64. The molecule has 224 valence electrons. The number of aliphatic hydroxyl groups excluding tert-OH is 1. The molecule has 8 nitrogen and oxygen atoms in total. The Labute approximate surface area is 249 Å². The van der Waals surface area contributed by atoms with Crippen molar-refractivity contribution in [3.05, 3.63) is 131 Å². The van der Waals surface area contributed by atoms with Gasteiger partial charge in [-0.15, -0.1) is 13.2 Å². The van der Waals surface area contributed by atoms with Crippen molar-refractivity contribution in [1.82, 2.24) is 5.32 Å². The van der Waals surface area contributed by atoms with Gasteiger partial charge in [0.1, 0.15) is 12.0 Å². The highest BCUT2D eigenvalue weighted by molar-refractivity contribution is 6.32. The number of ether oxygens (including phenoxy) is 1. The molecule has 4 rings (SSSR count). The summed E-state index contributed by atoms with van der Waals surface area (Å²) in [5.41, 5.74) is 2.31. The van der Waals surface area contributed by atoms with E-state index in [9.17, 15) is 37.5 Å². The summed E-state index contributed by atoms with van der Waals surface area (Å²) in [6.45, 7) is 0. The molecule has 0 bridgehead atoms. The quantitative estimate of drug-likeness (QED) is 0.110. The minimum absolute atomic E-state index is 0.0117. The third-order valence-corrected chi connectivity index (χ3v) is 6.27. The fourth-order valence-corrected chi connectivity index (χ4v) is 4.17. The number of carboxylic acids is 1. The largest absolute Gasteiger partial charge is 0.573 e. The minimum Gasteiger partial charge on any atom is -0.481 e. The number of carbonyl (C=O) groups excluding carboxylic acids is 3. The predicted octanol–water partition coefficient (Wildman–Crippen LogP) is 5.92. The number of halogens is 3. The lowest BCUT2D eigenvalue weighted by molar-refractivity contribution is -0.274. The standard InChI is InChI=1S/C33H24F3NO7/c34-33(35,36)44-26-16-14-23(15-17-26)28(38)18-27(22-8-6-21(7-9-22)20-4-2-1-3-5-20)31(42)24-10-12-25(13-11-24)32(43)37-29(39)19-30(40)41/h1-18,29,39H,19H2,(H,37,43)(H,40,41)/b27-18-. The topological polar surface area (TPSA) is 130 Å². The lowest BCUT2D eigenvalue weighted by Gasteiger charge is -2.12. The number of aliphatic carboxylic acids is 1. The van der Waals surface area contributed by atoms with Crippen molar-refractivity contribution in [3.8, 4) is 16.9 Å². The fourth-order valence-electron chi connectivity index (χ4n) is 4.17. The van der Waals surface area contributed by atoms with Crippen molar-refractivity contribution in [2.75, 3.05) is 0 Å². The first-order valence-corrected chi connectivity index (χ1v) is 13.0. The number of rotatable bonds is 11. The Morgan fingerprint density at radius 1 is 0.727 bits per heavy atom. The van der Waals surface area contributed by atoms with Crippen molar-refractivity contribution in [1.29, 1.82) is 0 Å². The number of Topliss-reactive ketones (excluding diaryl/α,β-unsaturated/α-hetero) is 1. The maximum Gasteiger partial charge on any atom is 0.573 e. The van der Waals surface area contributed by atoms with Gasteiger partial charge in [-0.3, -0.25) is 19.2 Å². The van der Waals surface area contributed by atoms with Crippen molar-refractivity contribution < 1.29 is 47.3 Å². The summed E-state index contributed by atoms with van der Waals surface area (Å²) in [7, 11) is 0. The van der Waals surface area contributed by atoms with Crippen LogP contribution in [0.5, 0.6) is 5.75 Å². The number of ketones is 2. The van der Waals surface area contributed by atoms with Crippen LogP contribution in [-0.2, 0) is 4.79 Å². The molecule has 0 aliphatic heterocycles. The molecule has 1 unspecified atom stereocenters. The molecule has 0 spiro atoms. The molecule has 0 heterocycles. The Bertz CT molecular complexity index is 1680. The first kappa shape index (κ1) is 31.4. The molecular formula is C33H24F3NO7. The molecule has 3 N–H and O–H groups in total. The summed E-state index contributed by atoms with van der Waals surface area (Å²) in [4.78, 5) is 49.9. The van der Waals surface area contributed by atoms with Gasteiger partial charge in [-0.05, 0) is 59.2 Å². The van der Waals surface area contributed by atoms with E-state index >= 15 is 0 Å². The minimum atomic E-state index is -4.90. The van der Waals surface area contributed by atoms with Gasteiger partial charge in [0.25, 0.3) is 5.91 Å². The van der Waals surface area contributed by atoms with E-state index in [2.05, 4.69) is 10.1 Å². The normalized spacial score (nSPS) is 12.2. The molecule has 1 amide bonds. The van der Waals surface area contributed by atoms with E-state index in [-0.39, 0.29) is 22.3 Å². The van der Waals surface area contributed by atoms with E-state index in [0.29, 0.717) is 5.56 Å². The van der Waals surface area contributed by atoms with Gasteiger partial charge in [-0.1, -0.05) is 66.7 Å². The lowest BCUT2D eigenvalue weighted by Crippen LogP contribution is -2.36. The number of carboxylic acid groups (broad SMARTS) is 1. The summed E-state index contributed by atoms with van der Waals surface area (Å²) in [5.74, 6) is -3.82. The fraction of sp³-hybridized carbons (Fsp3) is 0.0909. The zero-order valence-electron chi connectivity index (χ0n) is 22.7. The van der Waals surface area contributed by atoms with Crippen molar-refractivity contribution in [2.45, 2.75) is 19.0 Å². The van der Waals surface area contributed by atoms with Crippen LogP contribution in [0.25, 0.3) is 16.7 Å². The zero-order chi connectivity index (χ0) is 31.9. The van der Waals surface area contributed by atoms with E-state index in [1.807, 2.05) is 30.3 Å². The Hall–Kier alpha value is -5.55. The molecular weight excluding hydrogens is 579 g/mol. The average Bonchev–Trinajstić information content (AvgIpc) is 2.99. The highest BCUT2D eigenvalue weighted by Crippen LogP contribution is 2.27. The van der Waals surface area contributed by atoms with Gasteiger partial charge in [0.15, 0.2) is 11.6 Å². The van der Waals surface area contributed by atoms with E-state index < -0.39 is 48.2 Å². The highest BCUT2D eigenvalue weighted by Gasteiger charge is 2.31. The Kier molecular flexibility index (Phi) is 9.71. The van der Waals surface area contributed by atoms with E-state index in [4.69, 9.17) is 5.11 Å². The highest BCUT2D eigenvalue weighted by atomic mass is 19.4. The van der Waals surface area contributed by atoms with Gasteiger partial charge in [-0.25, -0.2) is 0 Å². The molecule has 0 radical (unpaired) electrons. The van der Waals surface area contributed by atoms with Crippen LogP contribution in [0.3, 0.4) is 0 Å². The maximum absolute atomic E-state index is 13.7. The van der Waals surface area contributed by atoms with Gasteiger partial charge >= 0.3 is 12.3 Å². The van der Waals surface area contributed by atoms with Crippen LogP contribution in [0, 0.1) is 0 Å². The van der Waals surface area contributed by atoms with Crippen LogP contribution in [0.4, 0.5) is 13.2 Å². The van der Waals surface area contributed by atoms with Gasteiger partial charge in [0.05, 0.1) is 6.42 Å². The third-order valence-electron chi connectivity index (χ3n) is 6.27. The summed E-state index contributed by atoms with van der Waals surface area (Å²) >= 11 is 0. The molecule has 1 atom stereocenters. The van der Waals surface area contributed by atoms with E-state index in [1.54, 1.807) is 24.3 Å². The summed E-state index contributed by atoms with van der Waals surface area (Å²) in [5, 5.41) is 20.5. The van der Waals surface area contributed by atoms with E-state index in [1.165, 1.54) is 24.3 Å². The van der Waals surface area contributed by atoms with Gasteiger partial charge < -0.3 is 20.3 Å². The van der Waals surface area contributed by atoms with Crippen molar-refractivity contribution >= 4 is 29.0 Å². The van der Waals surface area contributed by atoms with Crippen molar-refractivity contribution in [2.24, 2.45) is 0 Å². The molecule has 4 aromatic carbocycles. The van der Waals surface area contributed by atoms with Crippen molar-refractivity contribution in [3.63, 3.8) is 0 Å². The number of benzene rings is 4. The van der Waals surface area contributed by atoms with Gasteiger partial charge in [-0.2, -0.15) is 0 Å². The van der Waals surface area contributed by atoms with Crippen LogP contribution in [0.15, 0.2) is 109 Å². The Morgan fingerprint density at radius 3 is 1.82 bits per heavy atom. The number of aliphatic hydroxyl groups is 1. The van der Waals surface area contributed by atoms with Crippen LogP contribution >= 0.6 is 0 Å². The number of nitrogens with one attached hydrogen (secondary N) is 1. The zero-order valence-corrected chi connectivity index (χ0v) is 22.7. The third kappa shape index (κ3) is 8.49. The first-order chi connectivity index (χ1) is 20.9. The Morgan fingerprint density at radius 2 is 1.25 bits per heavy atom. The number of allylic oxidation sites excluding steroid dienone is 2. The molecule has 0 saturated carbocycles. The molecule has 11 heteroatoms. The lowest BCUT2D eigenvalue weighted by atomic mass is 9.92. The van der Waals surface area contributed by atoms with Crippen LogP contribution in [0.2, 0.25) is 0 Å². The number of amides is 1. The summed E-state index contributed by atoms with van der Waals surface area (Å²) in [6, 6.07) is 25.8. The summed E-state index contributed by atoms with van der Waals surface area (Å²) in [6.07, 6.45) is -6.13. The molecule has 0 aromatic heterocycles. The second kappa shape index (κ2) is 13.6. The van der Waals surface area contributed by atoms with Crippen LogP contribution in [-0.4, -0.2) is 46.2 Å². The van der Waals surface area contributed by atoms with Gasteiger partial charge in [0.2, 0.25) is 0 Å². The van der Waals surface area contributed by atoms with Crippen LogP contribution in [0.1, 0.15) is 43.1 Å². The second-order valence-electron chi connectivity index (χ2n) is 9.43. The SMILES string of the molecule is O=C(O)CC(O)NC(=O)c1ccc(C(=O)/C(=C\C(=O)c2ccc(OC(F)(F)F)cc2)c2ccc(-c3ccccc3)cc2)cc1.